The van der Waals surface area contributed by atoms with Gasteiger partial charge in [-0.15, -0.1) is 11.3 Å². The summed E-state index contributed by atoms with van der Waals surface area (Å²) < 4.78 is 0. The van der Waals surface area contributed by atoms with E-state index in [0.717, 1.165) is 34.1 Å². The number of hydrogen-bond donors (Lipinski definition) is 1. The van der Waals surface area contributed by atoms with Crippen LogP contribution in [0.4, 0.5) is 5.69 Å². The molecule has 3 nitrogen and oxygen atoms in total. The van der Waals surface area contributed by atoms with Gasteiger partial charge in [0.05, 0.1) is 11.3 Å². The molecule has 0 fully saturated rings. The van der Waals surface area contributed by atoms with Gasteiger partial charge in [0.2, 0.25) is 11.7 Å². The first-order valence-corrected chi connectivity index (χ1v) is 8.84. The van der Waals surface area contributed by atoms with Crippen LogP contribution >= 0.6 is 23.1 Å². The van der Waals surface area contributed by atoms with Crippen molar-refractivity contribution < 1.29 is 9.59 Å². The van der Waals surface area contributed by atoms with Gasteiger partial charge in [-0.3, -0.25) is 9.59 Å². The number of ketones is 1. The molecule has 1 N–H and O–H groups in total. The fourth-order valence-electron chi connectivity index (χ4n) is 2.77. The van der Waals surface area contributed by atoms with Crippen LogP contribution in [0.3, 0.4) is 0 Å². The minimum Gasteiger partial charge on any atom is -0.326 e. The number of hydrogen-bond acceptors (Lipinski definition) is 4. The highest BCUT2D eigenvalue weighted by atomic mass is 32.2. The van der Waals surface area contributed by atoms with Gasteiger partial charge in [0.25, 0.3) is 0 Å². The standard InChI is InChI=1S/C16H13NO2S2/c18-15-7-10-5-9(1-2-12(10)17-15)16(19)14-6-11-8-20-4-3-13(11)21-14/h1-2,5-6H,3-4,7-8H2,(H,17,18). The van der Waals surface area contributed by atoms with Crippen LogP contribution in [0.25, 0.3) is 0 Å². The van der Waals surface area contributed by atoms with Gasteiger partial charge >= 0.3 is 0 Å². The van der Waals surface area contributed by atoms with E-state index in [1.807, 2.05) is 30.0 Å². The third-order valence-corrected chi connectivity index (χ3v) is 6.09. The van der Waals surface area contributed by atoms with Crippen LogP contribution in [0.5, 0.6) is 0 Å². The van der Waals surface area contributed by atoms with E-state index in [-0.39, 0.29) is 11.7 Å². The second kappa shape index (κ2) is 5.00. The predicted molar refractivity (Wildman–Crippen MR) is 86.4 cm³/mol. The van der Waals surface area contributed by atoms with Gasteiger partial charge in [-0.25, -0.2) is 0 Å². The number of nitrogens with one attached hydrogen (secondary N) is 1. The van der Waals surface area contributed by atoms with Crippen LogP contribution in [0.2, 0.25) is 0 Å². The molecular formula is C16H13NO2S2. The Morgan fingerprint density at radius 3 is 2.95 bits per heavy atom. The van der Waals surface area contributed by atoms with Crippen LogP contribution in [0.1, 0.15) is 31.2 Å². The maximum atomic E-state index is 12.6. The Bertz CT molecular complexity index is 740. The fourth-order valence-corrected chi connectivity index (χ4v) is 5.11. The lowest BCUT2D eigenvalue weighted by Gasteiger charge is -2.08. The Morgan fingerprint density at radius 2 is 2.10 bits per heavy atom. The van der Waals surface area contributed by atoms with Crippen molar-refractivity contribution in [3.63, 3.8) is 0 Å². The Morgan fingerprint density at radius 1 is 1.19 bits per heavy atom. The van der Waals surface area contributed by atoms with Gasteiger partial charge in [0.1, 0.15) is 0 Å². The van der Waals surface area contributed by atoms with Crippen LogP contribution in [0, 0.1) is 0 Å². The number of rotatable bonds is 2. The van der Waals surface area contributed by atoms with E-state index in [1.54, 1.807) is 17.4 Å². The number of thioether (sulfide) groups is 1. The first-order valence-electron chi connectivity index (χ1n) is 6.87. The van der Waals surface area contributed by atoms with E-state index in [0.29, 0.717) is 12.0 Å². The number of benzene rings is 1. The number of anilines is 1. The monoisotopic (exact) mass is 315 g/mol. The number of thiophene rings is 1. The molecule has 106 valence electrons. The summed E-state index contributed by atoms with van der Waals surface area (Å²) in [5, 5.41) is 2.79. The molecule has 1 amide bonds. The van der Waals surface area contributed by atoms with Crippen molar-refractivity contribution in [2.75, 3.05) is 11.1 Å². The molecule has 2 aromatic rings. The SMILES string of the molecule is O=C1Cc2cc(C(=O)c3cc4c(s3)CCSC4)ccc2N1. The van der Waals surface area contributed by atoms with E-state index in [4.69, 9.17) is 0 Å². The average molecular weight is 315 g/mol. The molecular weight excluding hydrogens is 302 g/mol. The normalized spacial score (nSPS) is 16.3. The highest BCUT2D eigenvalue weighted by molar-refractivity contribution is 7.98. The van der Waals surface area contributed by atoms with Gasteiger partial charge in [-0.2, -0.15) is 11.8 Å². The van der Waals surface area contributed by atoms with Crippen molar-refractivity contribution in [3.8, 4) is 0 Å². The van der Waals surface area contributed by atoms with Gasteiger partial charge < -0.3 is 5.32 Å². The van der Waals surface area contributed by atoms with Crippen molar-refractivity contribution in [1.82, 2.24) is 0 Å². The molecule has 21 heavy (non-hydrogen) atoms. The number of carbonyl (C=O) groups excluding carboxylic acids is 2. The highest BCUT2D eigenvalue weighted by Crippen LogP contribution is 2.33. The largest absolute Gasteiger partial charge is 0.326 e. The van der Waals surface area contributed by atoms with Gasteiger partial charge in [0.15, 0.2) is 0 Å². The zero-order valence-corrected chi connectivity index (χ0v) is 12.9. The smallest absolute Gasteiger partial charge is 0.228 e. The summed E-state index contributed by atoms with van der Waals surface area (Å²) in [4.78, 5) is 26.2. The van der Waals surface area contributed by atoms with Crippen LogP contribution in [-0.4, -0.2) is 17.4 Å². The third-order valence-electron chi connectivity index (χ3n) is 3.84. The number of fused-ring (bicyclic) bond motifs is 2. The lowest BCUT2D eigenvalue weighted by Crippen LogP contribution is -2.03. The summed E-state index contributed by atoms with van der Waals surface area (Å²) in [5.41, 5.74) is 3.75. The Hall–Kier alpha value is -1.59. The molecule has 1 aromatic carbocycles. The molecule has 2 aliphatic heterocycles. The first kappa shape index (κ1) is 13.1. The second-order valence-corrected chi connectivity index (χ2v) is 7.53. The summed E-state index contributed by atoms with van der Waals surface area (Å²) in [5.74, 6) is 2.23. The number of amides is 1. The van der Waals surface area contributed by atoms with Crippen LogP contribution in [-0.2, 0) is 23.4 Å². The van der Waals surface area contributed by atoms with Gasteiger partial charge in [-0.05, 0) is 47.6 Å². The third kappa shape index (κ3) is 2.30. The fraction of sp³-hybridized carbons (Fsp3) is 0.250. The second-order valence-electron chi connectivity index (χ2n) is 5.29. The molecule has 0 aliphatic carbocycles. The maximum absolute atomic E-state index is 12.6. The summed E-state index contributed by atoms with van der Waals surface area (Å²) in [6.45, 7) is 0. The van der Waals surface area contributed by atoms with Crippen molar-refractivity contribution in [2.45, 2.75) is 18.6 Å². The van der Waals surface area contributed by atoms with Gasteiger partial charge in [0, 0.05) is 21.9 Å². The zero-order chi connectivity index (χ0) is 14.4. The molecule has 0 spiro atoms. The molecule has 0 unspecified atom stereocenters. The molecule has 4 rings (SSSR count). The molecule has 0 saturated heterocycles. The highest BCUT2D eigenvalue weighted by Gasteiger charge is 2.22. The predicted octanol–water partition coefficient (Wildman–Crippen LogP) is 3.26. The van der Waals surface area contributed by atoms with Crippen molar-refractivity contribution >= 4 is 40.5 Å². The molecule has 2 aliphatic rings. The summed E-state index contributed by atoms with van der Waals surface area (Å²) in [6, 6.07) is 7.53. The summed E-state index contributed by atoms with van der Waals surface area (Å²) in [6.07, 6.45) is 1.44. The van der Waals surface area contributed by atoms with Crippen molar-refractivity contribution in [3.05, 3.63) is 50.7 Å². The molecule has 3 heterocycles. The Labute approximate surface area is 130 Å². The van der Waals surface area contributed by atoms with E-state index >= 15 is 0 Å². The van der Waals surface area contributed by atoms with E-state index in [2.05, 4.69) is 5.32 Å². The maximum Gasteiger partial charge on any atom is 0.228 e. The molecule has 0 atom stereocenters. The lowest BCUT2D eigenvalue weighted by molar-refractivity contribution is -0.115. The lowest BCUT2D eigenvalue weighted by atomic mass is 10.0. The van der Waals surface area contributed by atoms with Crippen LogP contribution in [0.15, 0.2) is 24.3 Å². The molecule has 0 bridgehead atoms. The summed E-state index contributed by atoms with van der Waals surface area (Å²) in [7, 11) is 0. The van der Waals surface area contributed by atoms with E-state index in [9.17, 15) is 9.59 Å². The zero-order valence-electron chi connectivity index (χ0n) is 11.3. The molecule has 0 radical (unpaired) electrons. The Kier molecular flexibility index (Phi) is 3.12. The van der Waals surface area contributed by atoms with Crippen molar-refractivity contribution in [1.29, 1.82) is 0 Å². The molecule has 1 aromatic heterocycles. The van der Waals surface area contributed by atoms with Crippen LogP contribution < -0.4 is 5.32 Å². The molecule has 5 heteroatoms. The van der Waals surface area contributed by atoms with Crippen molar-refractivity contribution in [2.24, 2.45) is 0 Å². The van der Waals surface area contributed by atoms with Gasteiger partial charge in [-0.1, -0.05) is 0 Å². The number of carbonyl (C=O) groups is 2. The minimum atomic E-state index is -0.00166. The average Bonchev–Trinajstić information content (AvgIpc) is 3.07. The quantitative estimate of drug-likeness (QED) is 0.865. The van der Waals surface area contributed by atoms with E-state index < -0.39 is 0 Å². The first-order chi connectivity index (χ1) is 10.2. The summed E-state index contributed by atoms with van der Waals surface area (Å²) >= 11 is 3.55. The molecule has 0 saturated carbocycles. The topological polar surface area (TPSA) is 46.2 Å². The minimum absolute atomic E-state index is 0.00166. The van der Waals surface area contributed by atoms with E-state index in [1.165, 1.54) is 10.4 Å². The Balaban J connectivity index is 1.67. The number of aryl methyl sites for hydroxylation is 1.